The topological polar surface area (TPSA) is 36.9 Å². The van der Waals surface area contributed by atoms with E-state index in [2.05, 4.69) is 36.1 Å². The quantitative estimate of drug-likeness (QED) is 0.525. The Hall–Kier alpha value is -0.770. The normalized spacial score (nSPS) is 20.6. The summed E-state index contributed by atoms with van der Waals surface area (Å²) in [5.41, 5.74) is 0. The first-order chi connectivity index (χ1) is 10.2. The molecule has 2 unspecified atom stereocenters. The molecule has 0 amide bonds. The van der Waals surface area contributed by atoms with Crippen LogP contribution in [0.1, 0.15) is 52.4 Å². The van der Waals surface area contributed by atoms with Crippen LogP contribution < -0.4 is 5.32 Å². The minimum atomic E-state index is 0.653. The first-order valence-electron chi connectivity index (χ1n) is 8.70. The van der Waals surface area contributed by atoms with Gasteiger partial charge in [-0.2, -0.15) is 0 Å². The third kappa shape index (κ3) is 7.16. The second kappa shape index (κ2) is 10.9. The third-order valence-electron chi connectivity index (χ3n) is 4.34. The lowest BCUT2D eigenvalue weighted by Gasteiger charge is -2.26. The maximum absolute atomic E-state index is 5.46. The minimum Gasteiger partial charge on any atom is -0.381 e. The molecule has 1 N–H and O–H groups in total. The Morgan fingerprint density at radius 3 is 2.71 bits per heavy atom. The molecule has 0 aromatic rings. The van der Waals surface area contributed by atoms with E-state index in [0.717, 1.165) is 38.2 Å². The third-order valence-corrected chi connectivity index (χ3v) is 4.34. The molecule has 4 heteroatoms. The van der Waals surface area contributed by atoms with E-state index >= 15 is 0 Å². The van der Waals surface area contributed by atoms with Gasteiger partial charge in [-0.1, -0.05) is 33.1 Å². The zero-order valence-electron chi connectivity index (χ0n) is 14.5. The summed E-state index contributed by atoms with van der Waals surface area (Å²) in [6, 6.07) is 0. The number of aliphatic imine (C=N–C) groups is 1. The van der Waals surface area contributed by atoms with Crippen LogP contribution in [-0.2, 0) is 4.74 Å². The number of hydrogen-bond acceptors (Lipinski definition) is 2. The van der Waals surface area contributed by atoms with Crippen molar-refractivity contribution in [3.63, 3.8) is 0 Å². The highest BCUT2D eigenvalue weighted by Gasteiger charge is 2.19. The summed E-state index contributed by atoms with van der Waals surface area (Å²) in [6.45, 7) is 8.45. The largest absolute Gasteiger partial charge is 0.381 e. The molecule has 1 heterocycles. The van der Waals surface area contributed by atoms with Gasteiger partial charge in [0.15, 0.2) is 5.96 Å². The van der Waals surface area contributed by atoms with Crippen LogP contribution >= 0.6 is 0 Å². The molecule has 0 aromatic heterocycles. The maximum Gasteiger partial charge on any atom is 0.193 e. The van der Waals surface area contributed by atoms with Crippen molar-refractivity contribution in [2.75, 3.05) is 40.4 Å². The summed E-state index contributed by atoms with van der Waals surface area (Å²) in [4.78, 5) is 6.69. The van der Waals surface area contributed by atoms with Gasteiger partial charge in [-0.25, -0.2) is 0 Å². The highest BCUT2D eigenvalue weighted by Crippen LogP contribution is 2.15. The first-order valence-corrected chi connectivity index (χ1v) is 8.70. The van der Waals surface area contributed by atoms with Crippen molar-refractivity contribution in [1.82, 2.24) is 10.2 Å². The van der Waals surface area contributed by atoms with Crippen LogP contribution in [0.4, 0.5) is 0 Å². The molecule has 0 spiro atoms. The molecule has 0 saturated carbocycles. The molecule has 1 rings (SSSR count). The molecule has 1 fully saturated rings. The van der Waals surface area contributed by atoms with Gasteiger partial charge in [0.05, 0.1) is 6.61 Å². The lowest BCUT2D eigenvalue weighted by Crippen LogP contribution is -2.43. The standard InChI is InChI=1S/C17H35N3O/c1-5-7-9-15(8-6-2)12-19-17(18-3)20(4)13-16-10-11-21-14-16/h15-16H,5-14H2,1-4H3,(H,18,19). The molecule has 0 radical (unpaired) electrons. The van der Waals surface area contributed by atoms with E-state index in [0.29, 0.717) is 5.92 Å². The Morgan fingerprint density at radius 2 is 2.14 bits per heavy atom. The molecule has 0 aliphatic carbocycles. The van der Waals surface area contributed by atoms with E-state index in [-0.39, 0.29) is 0 Å². The number of nitrogens with zero attached hydrogens (tertiary/aromatic N) is 2. The predicted molar refractivity (Wildman–Crippen MR) is 90.8 cm³/mol. The van der Waals surface area contributed by atoms with Gasteiger partial charge in [0.1, 0.15) is 0 Å². The fourth-order valence-electron chi connectivity index (χ4n) is 3.07. The number of unbranched alkanes of at least 4 members (excludes halogenated alkanes) is 1. The van der Waals surface area contributed by atoms with E-state index in [1.807, 2.05) is 7.05 Å². The Balaban J connectivity index is 2.36. The number of ether oxygens (including phenoxy) is 1. The van der Waals surface area contributed by atoms with Crippen molar-refractivity contribution in [1.29, 1.82) is 0 Å². The zero-order chi connectivity index (χ0) is 15.5. The van der Waals surface area contributed by atoms with Gasteiger partial charge in [0.2, 0.25) is 0 Å². The van der Waals surface area contributed by atoms with Crippen molar-refractivity contribution in [3.05, 3.63) is 0 Å². The van der Waals surface area contributed by atoms with E-state index in [4.69, 9.17) is 4.74 Å². The Bertz CT molecular complexity index is 288. The second-order valence-electron chi connectivity index (χ2n) is 6.34. The van der Waals surface area contributed by atoms with E-state index in [1.54, 1.807) is 0 Å². The first kappa shape index (κ1) is 18.3. The van der Waals surface area contributed by atoms with Crippen LogP contribution in [-0.4, -0.2) is 51.3 Å². The molecule has 0 bridgehead atoms. The van der Waals surface area contributed by atoms with E-state index < -0.39 is 0 Å². The minimum absolute atomic E-state index is 0.653. The van der Waals surface area contributed by atoms with Crippen LogP contribution in [0.25, 0.3) is 0 Å². The highest BCUT2D eigenvalue weighted by molar-refractivity contribution is 5.79. The average Bonchev–Trinajstić information content (AvgIpc) is 2.98. The van der Waals surface area contributed by atoms with Gasteiger partial charge in [-0.3, -0.25) is 4.99 Å². The summed E-state index contributed by atoms with van der Waals surface area (Å²) in [6.07, 6.45) is 7.70. The van der Waals surface area contributed by atoms with Crippen LogP contribution in [0.5, 0.6) is 0 Å². The lowest BCUT2D eigenvalue weighted by atomic mass is 9.97. The van der Waals surface area contributed by atoms with Crippen LogP contribution in [0.15, 0.2) is 4.99 Å². The van der Waals surface area contributed by atoms with Gasteiger partial charge in [0.25, 0.3) is 0 Å². The molecule has 1 saturated heterocycles. The van der Waals surface area contributed by atoms with Gasteiger partial charge in [0, 0.05) is 39.7 Å². The molecule has 21 heavy (non-hydrogen) atoms. The van der Waals surface area contributed by atoms with Crippen molar-refractivity contribution < 1.29 is 4.74 Å². The summed E-state index contributed by atoms with van der Waals surface area (Å²) < 4.78 is 5.46. The molecule has 1 aliphatic heterocycles. The molecular formula is C17H35N3O. The van der Waals surface area contributed by atoms with Gasteiger partial charge in [-0.15, -0.1) is 0 Å². The molecule has 4 nitrogen and oxygen atoms in total. The lowest BCUT2D eigenvalue weighted by molar-refractivity contribution is 0.181. The van der Waals surface area contributed by atoms with Gasteiger partial charge >= 0.3 is 0 Å². The highest BCUT2D eigenvalue weighted by atomic mass is 16.5. The van der Waals surface area contributed by atoms with Crippen LogP contribution in [0.3, 0.4) is 0 Å². The van der Waals surface area contributed by atoms with Crippen LogP contribution in [0.2, 0.25) is 0 Å². The van der Waals surface area contributed by atoms with E-state index in [9.17, 15) is 0 Å². The van der Waals surface area contributed by atoms with Gasteiger partial charge in [-0.05, 0) is 25.2 Å². The van der Waals surface area contributed by atoms with Gasteiger partial charge < -0.3 is 15.0 Å². The Morgan fingerprint density at radius 1 is 1.33 bits per heavy atom. The molecule has 1 aliphatic rings. The SMILES string of the molecule is CCCCC(CCC)CNC(=NC)N(C)CC1CCOC1. The fourth-order valence-corrected chi connectivity index (χ4v) is 3.07. The average molecular weight is 297 g/mol. The van der Waals surface area contributed by atoms with Crippen LogP contribution in [0, 0.1) is 11.8 Å². The summed E-state index contributed by atoms with van der Waals surface area (Å²) in [5, 5.41) is 3.57. The fraction of sp³-hybridized carbons (Fsp3) is 0.941. The smallest absolute Gasteiger partial charge is 0.193 e. The summed E-state index contributed by atoms with van der Waals surface area (Å²) in [7, 11) is 4.01. The Kier molecular flexibility index (Phi) is 9.48. The van der Waals surface area contributed by atoms with Crippen molar-refractivity contribution in [3.8, 4) is 0 Å². The molecule has 124 valence electrons. The van der Waals surface area contributed by atoms with Crippen molar-refractivity contribution in [2.45, 2.75) is 52.4 Å². The maximum atomic E-state index is 5.46. The zero-order valence-corrected chi connectivity index (χ0v) is 14.5. The number of nitrogens with one attached hydrogen (secondary N) is 1. The van der Waals surface area contributed by atoms with Crippen molar-refractivity contribution >= 4 is 5.96 Å². The second-order valence-corrected chi connectivity index (χ2v) is 6.34. The number of hydrogen-bond donors (Lipinski definition) is 1. The summed E-state index contributed by atoms with van der Waals surface area (Å²) >= 11 is 0. The molecular weight excluding hydrogens is 262 g/mol. The molecule has 2 atom stereocenters. The predicted octanol–water partition coefficient (Wildman–Crippen LogP) is 3.14. The monoisotopic (exact) mass is 297 g/mol. The molecule has 0 aromatic carbocycles. The van der Waals surface area contributed by atoms with Crippen molar-refractivity contribution in [2.24, 2.45) is 16.8 Å². The summed E-state index contributed by atoms with van der Waals surface area (Å²) in [5.74, 6) is 2.45. The number of rotatable bonds is 9. The number of guanidine groups is 1. The van der Waals surface area contributed by atoms with E-state index in [1.165, 1.54) is 38.5 Å². The Labute approximate surface area is 131 Å².